The van der Waals surface area contributed by atoms with Gasteiger partial charge in [0.1, 0.15) is 5.69 Å². The number of hydrogen-bond acceptors (Lipinski definition) is 2. The Labute approximate surface area is 118 Å². The summed E-state index contributed by atoms with van der Waals surface area (Å²) in [5.74, 6) is -0.0265. The Balaban J connectivity index is 1.87. The first-order valence-electron chi connectivity index (χ1n) is 7.17. The Morgan fingerprint density at radius 3 is 2.65 bits per heavy atom. The molecule has 1 N–H and O–H groups in total. The van der Waals surface area contributed by atoms with Crippen LogP contribution in [0.4, 0.5) is 0 Å². The minimum atomic E-state index is -0.0265. The van der Waals surface area contributed by atoms with Gasteiger partial charge in [-0.1, -0.05) is 31.0 Å². The van der Waals surface area contributed by atoms with Gasteiger partial charge in [0.05, 0.1) is 11.4 Å². The van der Waals surface area contributed by atoms with Crippen molar-refractivity contribution >= 4 is 5.91 Å². The summed E-state index contributed by atoms with van der Waals surface area (Å²) < 4.78 is 1.72. The van der Waals surface area contributed by atoms with Crippen LogP contribution in [0.3, 0.4) is 0 Å². The maximum absolute atomic E-state index is 12.4. The zero-order chi connectivity index (χ0) is 13.9. The largest absolute Gasteiger partial charge is 0.348 e. The van der Waals surface area contributed by atoms with Crippen LogP contribution < -0.4 is 5.32 Å². The minimum Gasteiger partial charge on any atom is -0.348 e. The Morgan fingerprint density at radius 2 is 1.95 bits per heavy atom. The van der Waals surface area contributed by atoms with Gasteiger partial charge in [0.25, 0.3) is 5.91 Å². The molecule has 4 nitrogen and oxygen atoms in total. The number of carbonyl (C=O) groups is 1. The summed E-state index contributed by atoms with van der Waals surface area (Å²) in [6.07, 6.45) is 4.60. The first kappa shape index (κ1) is 12.9. The fourth-order valence-electron chi connectivity index (χ4n) is 2.76. The van der Waals surface area contributed by atoms with Gasteiger partial charge < -0.3 is 5.32 Å². The molecule has 0 atom stereocenters. The Morgan fingerprint density at radius 1 is 1.25 bits per heavy atom. The third-order valence-electron chi connectivity index (χ3n) is 3.76. The lowest BCUT2D eigenvalue weighted by Gasteiger charge is -2.12. The van der Waals surface area contributed by atoms with Gasteiger partial charge in [-0.05, 0) is 38.0 Å². The molecule has 0 radical (unpaired) electrons. The third-order valence-corrected chi connectivity index (χ3v) is 3.76. The molecule has 0 aliphatic heterocycles. The van der Waals surface area contributed by atoms with Gasteiger partial charge in [-0.3, -0.25) is 4.79 Å². The van der Waals surface area contributed by atoms with Crippen LogP contribution in [-0.2, 0) is 0 Å². The van der Waals surface area contributed by atoms with Gasteiger partial charge in [-0.2, -0.15) is 5.10 Å². The molecular formula is C16H19N3O. The van der Waals surface area contributed by atoms with Crippen LogP contribution in [0.25, 0.3) is 5.69 Å². The van der Waals surface area contributed by atoms with Crippen molar-refractivity contribution in [2.75, 3.05) is 0 Å². The topological polar surface area (TPSA) is 46.9 Å². The fourth-order valence-corrected chi connectivity index (χ4v) is 2.76. The number of benzene rings is 1. The van der Waals surface area contributed by atoms with Crippen LogP contribution in [0.15, 0.2) is 36.4 Å². The van der Waals surface area contributed by atoms with E-state index < -0.39 is 0 Å². The molecule has 4 heteroatoms. The van der Waals surface area contributed by atoms with E-state index in [1.807, 2.05) is 43.3 Å². The van der Waals surface area contributed by atoms with Crippen LogP contribution in [0.2, 0.25) is 0 Å². The number of hydrogen-bond donors (Lipinski definition) is 1. The third kappa shape index (κ3) is 2.59. The zero-order valence-corrected chi connectivity index (χ0v) is 11.7. The lowest BCUT2D eigenvalue weighted by molar-refractivity contribution is 0.0930. The van der Waals surface area contributed by atoms with Crippen molar-refractivity contribution < 1.29 is 4.79 Å². The highest BCUT2D eigenvalue weighted by molar-refractivity contribution is 5.93. The molecule has 1 aliphatic carbocycles. The molecule has 1 aromatic carbocycles. The van der Waals surface area contributed by atoms with E-state index in [1.165, 1.54) is 12.8 Å². The summed E-state index contributed by atoms with van der Waals surface area (Å²) in [5.41, 5.74) is 2.38. The van der Waals surface area contributed by atoms with E-state index >= 15 is 0 Å². The first-order valence-corrected chi connectivity index (χ1v) is 7.17. The molecule has 1 aromatic heterocycles. The van der Waals surface area contributed by atoms with Gasteiger partial charge in [0.2, 0.25) is 0 Å². The number of aryl methyl sites for hydroxylation is 1. The van der Waals surface area contributed by atoms with Crippen LogP contribution in [0.1, 0.15) is 41.9 Å². The van der Waals surface area contributed by atoms with E-state index in [9.17, 15) is 4.79 Å². The molecule has 1 aliphatic rings. The molecule has 1 heterocycles. The summed E-state index contributed by atoms with van der Waals surface area (Å²) in [6.45, 7) is 1.91. The molecule has 1 saturated carbocycles. The molecule has 0 spiro atoms. The maximum atomic E-state index is 12.4. The normalized spacial score (nSPS) is 15.4. The molecule has 20 heavy (non-hydrogen) atoms. The standard InChI is InChI=1S/C16H19N3O/c1-12-11-15(16(20)17-13-7-5-6-8-13)19(18-12)14-9-3-2-4-10-14/h2-4,9-11,13H,5-8H2,1H3,(H,17,20). The summed E-state index contributed by atoms with van der Waals surface area (Å²) in [6, 6.07) is 11.9. The molecule has 0 saturated heterocycles. The predicted molar refractivity (Wildman–Crippen MR) is 78.0 cm³/mol. The number of aromatic nitrogens is 2. The molecule has 1 amide bonds. The lowest BCUT2D eigenvalue weighted by atomic mass is 10.2. The van der Waals surface area contributed by atoms with E-state index in [1.54, 1.807) is 4.68 Å². The highest BCUT2D eigenvalue weighted by atomic mass is 16.2. The second kappa shape index (κ2) is 5.49. The minimum absolute atomic E-state index is 0.0265. The highest BCUT2D eigenvalue weighted by Gasteiger charge is 2.21. The summed E-state index contributed by atoms with van der Waals surface area (Å²) in [5, 5.41) is 7.55. The fraction of sp³-hybridized carbons (Fsp3) is 0.375. The Bertz CT molecular complexity index is 597. The molecule has 1 fully saturated rings. The van der Waals surface area contributed by atoms with E-state index in [4.69, 9.17) is 0 Å². The van der Waals surface area contributed by atoms with Gasteiger partial charge in [-0.15, -0.1) is 0 Å². The van der Waals surface area contributed by atoms with Gasteiger partial charge in [0.15, 0.2) is 0 Å². The van der Waals surface area contributed by atoms with Gasteiger partial charge in [0, 0.05) is 6.04 Å². The predicted octanol–water partition coefficient (Wildman–Crippen LogP) is 2.85. The van der Waals surface area contributed by atoms with Gasteiger partial charge >= 0.3 is 0 Å². The molecule has 104 valence electrons. The number of para-hydroxylation sites is 1. The summed E-state index contributed by atoms with van der Waals surface area (Å²) in [7, 11) is 0. The number of nitrogens with zero attached hydrogens (tertiary/aromatic N) is 2. The average Bonchev–Trinajstić information content (AvgIpc) is 3.09. The van der Waals surface area contributed by atoms with Crippen molar-refractivity contribution in [1.82, 2.24) is 15.1 Å². The summed E-state index contributed by atoms with van der Waals surface area (Å²) in [4.78, 5) is 12.4. The molecule has 2 aromatic rings. The second-order valence-electron chi connectivity index (χ2n) is 5.37. The smallest absolute Gasteiger partial charge is 0.270 e. The monoisotopic (exact) mass is 269 g/mol. The number of amides is 1. The van der Waals surface area contributed by atoms with Crippen molar-refractivity contribution in [3.63, 3.8) is 0 Å². The number of nitrogens with one attached hydrogen (secondary N) is 1. The molecule has 0 unspecified atom stereocenters. The number of carbonyl (C=O) groups excluding carboxylic acids is 1. The van der Waals surface area contributed by atoms with E-state index in [2.05, 4.69) is 10.4 Å². The van der Waals surface area contributed by atoms with Gasteiger partial charge in [-0.25, -0.2) is 4.68 Å². The van der Waals surface area contributed by atoms with Crippen molar-refractivity contribution in [3.8, 4) is 5.69 Å². The Kier molecular flexibility index (Phi) is 3.54. The van der Waals surface area contributed by atoms with E-state index in [-0.39, 0.29) is 5.91 Å². The molecule has 3 rings (SSSR count). The van der Waals surface area contributed by atoms with E-state index in [0.717, 1.165) is 24.2 Å². The lowest BCUT2D eigenvalue weighted by Crippen LogP contribution is -2.33. The van der Waals surface area contributed by atoms with Crippen molar-refractivity contribution in [2.45, 2.75) is 38.6 Å². The average molecular weight is 269 g/mol. The highest BCUT2D eigenvalue weighted by Crippen LogP contribution is 2.19. The SMILES string of the molecule is Cc1cc(C(=O)NC2CCCC2)n(-c2ccccc2)n1. The Hall–Kier alpha value is -2.10. The van der Waals surface area contributed by atoms with Crippen LogP contribution >= 0.6 is 0 Å². The first-order chi connectivity index (χ1) is 9.74. The second-order valence-corrected chi connectivity index (χ2v) is 5.37. The van der Waals surface area contributed by atoms with Crippen molar-refractivity contribution in [1.29, 1.82) is 0 Å². The molecule has 0 bridgehead atoms. The quantitative estimate of drug-likeness (QED) is 0.931. The van der Waals surface area contributed by atoms with Crippen LogP contribution in [0, 0.1) is 6.92 Å². The van der Waals surface area contributed by atoms with Crippen molar-refractivity contribution in [3.05, 3.63) is 47.8 Å². The van der Waals surface area contributed by atoms with Crippen LogP contribution in [-0.4, -0.2) is 21.7 Å². The number of rotatable bonds is 3. The van der Waals surface area contributed by atoms with Crippen molar-refractivity contribution in [2.24, 2.45) is 0 Å². The maximum Gasteiger partial charge on any atom is 0.270 e. The zero-order valence-electron chi connectivity index (χ0n) is 11.7. The van der Waals surface area contributed by atoms with E-state index in [0.29, 0.717) is 11.7 Å². The van der Waals surface area contributed by atoms with Crippen LogP contribution in [0.5, 0.6) is 0 Å². The molecular weight excluding hydrogens is 250 g/mol. The summed E-state index contributed by atoms with van der Waals surface area (Å²) >= 11 is 0.